The molecule has 5 heteroatoms. The number of halogens is 1. The molecule has 150 valence electrons. The highest BCUT2D eigenvalue weighted by atomic mass is 35.5. The molecule has 1 heterocycles. The van der Waals surface area contributed by atoms with Gasteiger partial charge < -0.3 is 10.6 Å². The molecule has 2 aromatic carbocycles. The van der Waals surface area contributed by atoms with Crippen LogP contribution in [-0.4, -0.2) is 36.5 Å². The van der Waals surface area contributed by atoms with Crippen LogP contribution in [0.1, 0.15) is 42.9 Å². The molecule has 4 nitrogen and oxygen atoms in total. The lowest BCUT2D eigenvalue weighted by molar-refractivity contribution is -0.125. The molecule has 2 atom stereocenters. The first kappa shape index (κ1) is 20.8. The highest BCUT2D eigenvalue weighted by Gasteiger charge is 2.36. The number of carbonyl (C=O) groups excluding carboxylic acids is 1. The zero-order valence-corrected chi connectivity index (χ0v) is 17.7. The van der Waals surface area contributed by atoms with Crippen molar-refractivity contribution in [1.82, 2.24) is 15.5 Å². The molecule has 0 saturated carbocycles. The SMILES string of the molecule is CNC(=O)[C@@H]1C[C@@H](NCc2ccc(C(C)C)cc2)CN1Cc1cccc(Cl)c1. The number of hydrogen-bond acceptors (Lipinski definition) is 3. The van der Waals surface area contributed by atoms with E-state index in [4.69, 9.17) is 11.6 Å². The van der Waals surface area contributed by atoms with E-state index in [0.29, 0.717) is 5.92 Å². The largest absolute Gasteiger partial charge is 0.358 e. The van der Waals surface area contributed by atoms with Crippen molar-refractivity contribution in [3.63, 3.8) is 0 Å². The minimum atomic E-state index is -0.121. The van der Waals surface area contributed by atoms with Crippen molar-refractivity contribution < 1.29 is 4.79 Å². The van der Waals surface area contributed by atoms with E-state index in [9.17, 15) is 4.79 Å². The predicted octanol–water partition coefficient (Wildman–Crippen LogP) is 3.94. The summed E-state index contributed by atoms with van der Waals surface area (Å²) in [5.41, 5.74) is 3.76. The van der Waals surface area contributed by atoms with Crippen LogP contribution in [0, 0.1) is 0 Å². The van der Waals surface area contributed by atoms with Crippen LogP contribution in [0.4, 0.5) is 0 Å². The molecule has 1 amide bonds. The van der Waals surface area contributed by atoms with Gasteiger partial charge in [-0.15, -0.1) is 0 Å². The quantitative estimate of drug-likeness (QED) is 0.741. The average Bonchev–Trinajstić information content (AvgIpc) is 3.08. The van der Waals surface area contributed by atoms with Gasteiger partial charge in [-0.3, -0.25) is 9.69 Å². The summed E-state index contributed by atoms with van der Waals surface area (Å²) in [5.74, 6) is 0.623. The van der Waals surface area contributed by atoms with E-state index in [1.165, 1.54) is 11.1 Å². The molecule has 0 spiro atoms. The monoisotopic (exact) mass is 399 g/mol. The number of nitrogens with zero attached hydrogens (tertiary/aromatic N) is 1. The van der Waals surface area contributed by atoms with Crippen LogP contribution in [0.2, 0.25) is 5.02 Å². The van der Waals surface area contributed by atoms with Crippen molar-refractivity contribution in [1.29, 1.82) is 0 Å². The first-order chi connectivity index (χ1) is 13.5. The van der Waals surface area contributed by atoms with Crippen LogP contribution in [0.5, 0.6) is 0 Å². The second-order valence-corrected chi connectivity index (χ2v) is 8.34. The Bertz CT molecular complexity index is 791. The highest BCUT2D eigenvalue weighted by molar-refractivity contribution is 6.30. The first-order valence-corrected chi connectivity index (χ1v) is 10.4. The maximum absolute atomic E-state index is 12.4. The van der Waals surface area contributed by atoms with Crippen LogP contribution in [0.3, 0.4) is 0 Å². The predicted molar refractivity (Wildman–Crippen MR) is 115 cm³/mol. The summed E-state index contributed by atoms with van der Waals surface area (Å²) in [5, 5.41) is 7.18. The summed E-state index contributed by atoms with van der Waals surface area (Å²) in [7, 11) is 1.71. The van der Waals surface area contributed by atoms with Gasteiger partial charge in [0.1, 0.15) is 0 Å². The minimum Gasteiger partial charge on any atom is -0.358 e. The Kier molecular flexibility index (Phi) is 7.11. The summed E-state index contributed by atoms with van der Waals surface area (Å²) in [6.45, 7) is 6.79. The second kappa shape index (κ2) is 9.55. The van der Waals surface area contributed by atoms with Crippen molar-refractivity contribution in [2.45, 2.75) is 51.4 Å². The smallest absolute Gasteiger partial charge is 0.237 e. The maximum atomic E-state index is 12.4. The van der Waals surface area contributed by atoms with E-state index in [-0.39, 0.29) is 18.0 Å². The number of carbonyl (C=O) groups is 1. The van der Waals surface area contributed by atoms with Gasteiger partial charge in [0, 0.05) is 37.7 Å². The third-order valence-electron chi connectivity index (χ3n) is 5.47. The number of benzene rings is 2. The molecule has 0 radical (unpaired) electrons. The van der Waals surface area contributed by atoms with Gasteiger partial charge in [0.25, 0.3) is 0 Å². The van der Waals surface area contributed by atoms with Gasteiger partial charge in [-0.1, -0.05) is 61.8 Å². The number of nitrogens with one attached hydrogen (secondary N) is 2. The van der Waals surface area contributed by atoms with E-state index < -0.39 is 0 Å². The summed E-state index contributed by atoms with van der Waals surface area (Å²) < 4.78 is 0. The molecule has 0 aromatic heterocycles. The highest BCUT2D eigenvalue weighted by Crippen LogP contribution is 2.23. The number of rotatable bonds is 7. The number of likely N-dealkylation sites (N-methyl/N-ethyl adjacent to an activating group) is 1. The molecule has 0 aliphatic carbocycles. The summed E-state index contributed by atoms with van der Waals surface area (Å²) >= 11 is 6.12. The molecule has 1 aliphatic heterocycles. The molecular weight excluding hydrogens is 370 g/mol. The summed E-state index contributed by atoms with van der Waals surface area (Å²) in [6, 6.07) is 16.8. The molecule has 2 N–H and O–H groups in total. The molecule has 1 saturated heterocycles. The van der Waals surface area contributed by atoms with E-state index in [2.05, 4.69) is 59.7 Å². The van der Waals surface area contributed by atoms with Gasteiger partial charge in [0.05, 0.1) is 6.04 Å². The van der Waals surface area contributed by atoms with Gasteiger partial charge in [-0.2, -0.15) is 0 Å². The Morgan fingerprint density at radius 3 is 2.57 bits per heavy atom. The molecule has 0 unspecified atom stereocenters. The van der Waals surface area contributed by atoms with Gasteiger partial charge in [0.2, 0.25) is 5.91 Å². The Hall–Kier alpha value is -1.88. The molecule has 1 aliphatic rings. The van der Waals surface area contributed by atoms with Crippen LogP contribution in [0.25, 0.3) is 0 Å². The molecule has 0 bridgehead atoms. The topological polar surface area (TPSA) is 44.4 Å². The fourth-order valence-electron chi connectivity index (χ4n) is 3.82. The van der Waals surface area contributed by atoms with Crippen molar-refractivity contribution in [2.24, 2.45) is 0 Å². The Labute approximate surface area is 173 Å². The molecular formula is C23H30ClN3O. The van der Waals surface area contributed by atoms with Gasteiger partial charge in [-0.25, -0.2) is 0 Å². The van der Waals surface area contributed by atoms with Crippen molar-refractivity contribution in [3.8, 4) is 0 Å². The van der Waals surface area contributed by atoms with Gasteiger partial charge >= 0.3 is 0 Å². The van der Waals surface area contributed by atoms with E-state index in [1.54, 1.807) is 7.05 Å². The van der Waals surface area contributed by atoms with Crippen LogP contribution < -0.4 is 10.6 Å². The summed E-state index contributed by atoms with van der Waals surface area (Å²) in [6.07, 6.45) is 0.810. The van der Waals surface area contributed by atoms with Crippen LogP contribution >= 0.6 is 11.6 Å². The van der Waals surface area contributed by atoms with Crippen LogP contribution in [0.15, 0.2) is 48.5 Å². The van der Waals surface area contributed by atoms with Crippen molar-refractivity contribution >= 4 is 17.5 Å². The molecule has 1 fully saturated rings. The minimum absolute atomic E-state index is 0.0765. The van der Waals surface area contributed by atoms with E-state index in [1.807, 2.05) is 18.2 Å². The molecule has 3 rings (SSSR count). The standard InChI is InChI=1S/C23H30ClN3O/c1-16(2)19-9-7-17(8-10-19)13-26-21-12-22(23(28)25-3)27(15-21)14-18-5-4-6-20(24)11-18/h4-11,16,21-22,26H,12-15H2,1-3H3,(H,25,28)/t21-,22+/m1/s1. The van der Waals surface area contributed by atoms with E-state index >= 15 is 0 Å². The third kappa shape index (κ3) is 5.34. The maximum Gasteiger partial charge on any atom is 0.237 e. The lowest BCUT2D eigenvalue weighted by Gasteiger charge is -2.23. The lowest BCUT2D eigenvalue weighted by Crippen LogP contribution is -2.41. The Morgan fingerprint density at radius 2 is 1.93 bits per heavy atom. The Morgan fingerprint density at radius 1 is 1.18 bits per heavy atom. The van der Waals surface area contributed by atoms with E-state index in [0.717, 1.165) is 36.6 Å². The van der Waals surface area contributed by atoms with Gasteiger partial charge in [-0.05, 0) is 41.2 Å². The van der Waals surface area contributed by atoms with Crippen molar-refractivity contribution in [3.05, 3.63) is 70.2 Å². The fraction of sp³-hybridized carbons (Fsp3) is 0.435. The fourth-order valence-corrected chi connectivity index (χ4v) is 4.03. The normalized spacial score (nSPS) is 19.9. The molecule has 2 aromatic rings. The zero-order valence-electron chi connectivity index (χ0n) is 16.9. The second-order valence-electron chi connectivity index (χ2n) is 7.90. The first-order valence-electron chi connectivity index (χ1n) is 9.98. The average molecular weight is 400 g/mol. The summed E-state index contributed by atoms with van der Waals surface area (Å²) in [4.78, 5) is 14.6. The van der Waals surface area contributed by atoms with Gasteiger partial charge in [0.15, 0.2) is 0 Å². The number of likely N-dealkylation sites (tertiary alicyclic amines) is 1. The Balaban J connectivity index is 1.62. The zero-order chi connectivity index (χ0) is 20.1. The van der Waals surface area contributed by atoms with Crippen LogP contribution in [-0.2, 0) is 17.9 Å². The lowest BCUT2D eigenvalue weighted by atomic mass is 10.0. The molecule has 28 heavy (non-hydrogen) atoms. The van der Waals surface area contributed by atoms with Crippen molar-refractivity contribution in [2.75, 3.05) is 13.6 Å². The number of amides is 1. The number of hydrogen-bond donors (Lipinski definition) is 2. The third-order valence-corrected chi connectivity index (χ3v) is 5.70.